The summed E-state index contributed by atoms with van der Waals surface area (Å²) in [6.07, 6.45) is 2.92. The fourth-order valence-electron chi connectivity index (χ4n) is 4.13. The number of fused-ring (bicyclic) bond motifs is 1. The van der Waals surface area contributed by atoms with Gasteiger partial charge in [0.15, 0.2) is 21.3 Å². The van der Waals surface area contributed by atoms with Gasteiger partial charge in [0.1, 0.15) is 5.82 Å². The first-order chi connectivity index (χ1) is 14.4. The summed E-state index contributed by atoms with van der Waals surface area (Å²) >= 11 is 0. The highest BCUT2D eigenvalue weighted by Crippen LogP contribution is 2.33. The van der Waals surface area contributed by atoms with Crippen LogP contribution in [0.5, 0.6) is 11.5 Å². The van der Waals surface area contributed by atoms with Gasteiger partial charge in [0, 0.05) is 19.2 Å². The van der Waals surface area contributed by atoms with Crippen molar-refractivity contribution in [2.24, 2.45) is 0 Å². The molecule has 30 heavy (non-hydrogen) atoms. The molecule has 0 aliphatic carbocycles. The van der Waals surface area contributed by atoms with Crippen LogP contribution < -0.4 is 14.8 Å². The number of nitrogens with zero attached hydrogens (tertiary/aromatic N) is 3. The van der Waals surface area contributed by atoms with Crippen LogP contribution in [0.4, 0.5) is 5.82 Å². The van der Waals surface area contributed by atoms with Gasteiger partial charge in [-0.15, -0.1) is 0 Å². The molecule has 4 rings (SSSR count). The topological polar surface area (TPSA) is 103 Å². The maximum absolute atomic E-state index is 12.7. The smallest absolute Gasteiger partial charge is 0.239 e. The summed E-state index contributed by atoms with van der Waals surface area (Å²) in [5.41, 5.74) is 2.32. The summed E-state index contributed by atoms with van der Waals surface area (Å²) in [4.78, 5) is 14.7. The molecule has 0 bridgehead atoms. The number of carbonyl (C=O) groups excluding carboxylic acids is 1. The van der Waals surface area contributed by atoms with Gasteiger partial charge in [0.2, 0.25) is 5.91 Å². The third-order valence-electron chi connectivity index (χ3n) is 5.66. The Labute approximate surface area is 175 Å². The average molecular weight is 435 g/mol. The second-order valence-electron chi connectivity index (χ2n) is 7.70. The van der Waals surface area contributed by atoms with Crippen LogP contribution in [-0.2, 0) is 27.6 Å². The number of ether oxygens (including phenoxy) is 2. The number of sulfone groups is 1. The molecule has 1 amide bonds. The van der Waals surface area contributed by atoms with Crippen LogP contribution in [0.1, 0.15) is 23.6 Å². The first kappa shape index (κ1) is 20.7. The molecule has 2 aromatic rings. The quantitative estimate of drug-likeness (QED) is 0.730. The van der Waals surface area contributed by atoms with Crippen LogP contribution in [0, 0.1) is 0 Å². The van der Waals surface area contributed by atoms with E-state index in [9.17, 15) is 13.2 Å². The highest BCUT2D eigenvalue weighted by molar-refractivity contribution is 7.91. The second-order valence-corrected chi connectivity index (χ2v) is 9.93. The molecule has 1 saturated heterocycles. The third-order valence-corrected chi connectivity index (χ3v) is 7.41. The molecule has 0 radical (unpaired) electrons. The van der Waals surface area contributed by atoms with Crippen molar-refractivity contribution in [1.29, 1.82) is 0 Å². The first-order valence-corrected chi connectivity index (χ1v) is 11.7. The van der Waals surface area contributed by atoms with Crippen LogP contribution >= 0.6 is 0 Å². The zero-order valence-corrected chi connectivity index (χ0v) is 17.9. The molecule has 0 spiro atoms. The number of hydrogen-bond donors (Lipinski definition) is 1. The number of benzene rings is 1. The van der Waals surface area contributed by atoms with Crippen molar-refractivity contribution < 1.29 is 22.7 Å². The molecule has 1 aromatic heterocycles. The average Bonchev–Trinajstić information content (AvgIpc) is 3.32. The van der Waals surface area contributed by atoms with Crippen molar-refractivity contribution in [2.75, 3.05) is 44.1 Å². The molecule has 1 fully saturated rings. The Kier molecular flexibility index (Phi) is 5.70. The predicted octanol–water partition coefficient (Wildman–Crippen LogP) is 1.26. The van der Waals surface area contributed by atoms with E-state index in [1.807, 2.05) is 12.1 Å². The number of methoxy groups -OCH3 is 2. The van der Waals surface area contributed by atoms with Gasteiger partial charge in [-0.3, -0.25) is 9.69 Å². The first-order valence-electron chi connectivity index (χ1n) is 9.88. The normalized spacial score (nSPS) is 20.5. The van der Waals surface area contributed by atoms with E-state index in [-0.39, 0.29) is 30.0 Å². The Hall–Kier alpha value is -2.59. The van der Waals surface area contributed by atoms with E-state index in [1.165, 1.54) is 5.56 Å². The molecular weight excluding hydrogens is 408 g/mol. The van der Waals surface area contributed by atoms with Gasteiger partial charge in [-0.1, -0.05) is 0 Å². The van der Waals surface area contributed by atoms with Crippen LogP contribution in [0.25, 0.3) is 0 Å². The summed E-state index contributed by atoms with van der Waals surface area (Å²) in [6, 6.07) is 5.43. The number of rotatable bonds is 6. The number of carbonyl (C=O) groups is 1. The Bertz CT molecular complexity index is 1050. The van der Waals surface area contributed by atoms with Gasteiger partial charge < -0.3 is 14.8 Å². The maximum Gasteiger partial charge on any atom is 0.239 e. The zero-order valence-electron chi connectivity index (χ0n) is 17.1. The monoisotopic (exact) mass is 434 g/mol. The lowest BCUT2D eigenvalue weighted by molar-refractivity contribution is -0.117. The molecule has 0 saturated carbocycles. The SMILES string of the molecule is COc1cc2c(cc1OC)CN(CC(=O)Nc1ccnn1[C@@H]1CCS(=O)(=O)C1)CC2. The van der Waals surface area contributed by atoms with E-state index in [4.69, 9.17) is 9.47 Å². The summed E-state index contributed by atoms with van der Waals surface area (Å²) in [6.45, 7) is 1.64. The van der Waals surface area contributed by atoms with E-state index < -0.39 is 9.84 Å². The molecule has 1 atom stereocenters. The Morgan fingerprint density at radius 1 is 1.23 bits per heavy atom. The van der Waals surface area contributed by atoms with Crippen LogP contribution in [0.2, 0.25) is 0 Å². The Morgan fingerprint density at radius 2 is 1.97 bits per heavy atom. The molecule has 1 N–H and O–H groups in total. The van der Waals surface area contributed by atoms with Gasteiger partial charge in [-0.2, -0.15) is 5.10 Å². The van der Waals surface area contributed by atoms with Crippen molar-refractivity contribution in [1.82, 2.24) is 14.7 Å². The highest BCUT2D eigenvalue weighted by atomic mass is 32.2. The molecule has 10 heteroatoms. The maximum atomic E-state index is 12.7. The molecule has 2 aliphatic heterocycles. The predicted molar refractivity (Wildman–Crippen MR) is 112 cm³/mol. The van der Waals surface area contributed by atoms with Crippen molar-refractivity contribution >= 4 is 21.6 Å². The molecule has 3 heterocycles. The van der Waals surface area contributed by atoms with Crippen LogP contribution in [-0.4, -0.2) is 67.8 Å². The number of hydrogen-bond acceptors (Lipinski definition) is 7. The largest absolute Gasteiger partial charge is 0.493 e. The zero-order chi connectivity index (χ0) is 21.3. The van der Waals surface area contributed by atoms with Gasteiger partial charge in [0.25, 0.3) is 0 Å². The van der Waals surface area contributed by atoms with Gasteiger partial charge >= 0.3 is 0 Å². The Balaban J connectivity index is 1.40. The molecule has 162 valence electrons. The van der Waals surface area contributed by atoms with Crippen molar-refractivity contribution in [2.45, 2.75) is 25.4 Å². The van der Waals surface area contributed by atoms with Gasteiger partial charge in [0.05, 0.1) is 44.5 Å². The van der Waals surface area contributed by atoms with Crippen molar-refractivity contribution in [3.63, 3.8) is 0 Å². The molecule has 9 nitrogen and oxygen atoms in total. The molecular formula is C20H26N4O5S. The van der Waals surface area contributed by atoms with Crippen LogP contribution in [0.15, 0.2) is 24.4 Å². The van der Waals surface area contributed by atoms with E-state index in [1.54, 1.807) is 31.2 Å². The van der Waals surface area contributed by atoms with Crippen LogP contribution in [0.3, 0.4) is 0 Å². The minimum Gasteiger partial charge on any atom is -0.493 e. The van der Waals surface area contributed by atoms with Gasteiger partial charge in [-0.05, 0) is 36.1 Å². The lowest BCUT2D eigenvalue weighted by Gasteiger charge is -2.29. The summed E-state index contributed by atoms with van der Waals surface area (Å²) in [5, 5.41) is 7.11. The summed E-state index contributed by atoms with van der Waals surface area (Å²) in [7, 11) is 0.199. The number of amides is 1. The number of nitrogens with one attached hydrogen (secondary N) is 1. The number of anilines is 1. The fraction of sp³-hybridized carbons (Fsp3) is 0.500. The van der Waals surface area contributed by atoms with Crippen molar-refractivity contribution in [3.8, 4) is 11.5 Å². The molecule has 1 aromatic carbocycles. The van der Waals surface area contributed by atoms with E-state index >= 15 is 0 Å². The lowest BCUT2D eigenvalue weighted by atomic mass is 9.99. The highest BCUT2D eigenvalue weighted by Gasteiger charge is 2.31. The lowest BCUT2D eigenvalue weighted by Crippen LogP contribution is -2.37. The number of aromatic nitrogens is 2. The molecule has 0 unspecified atom stereocenters. The summed E-state index contributed by atoms with van der Waals surface area (Å²) < 4.78 is 35.9. The van der Waals surface area contributed by atoms with Gasteiger partial charge in [-0.25, -0.2) is 13.1 Å². The second kappa shape index (κ2) is 8.27. The Morgan fingerprint density at radius 3 is 2.63 bits per heavy atom. The minimum absolute atomic E-state index is 0.0613. The summed E-state index contributed by atoms with van der Waals surface area (Å²) in [5.74, 6) is 1.99. The third kappa shape index (κ3) is 4.29. The fourth-order valence-corrected chi connectivity index (χ4v) is 5.83. The standard InChI is InChI=1S/C20H26N4O5S/c1-28-17-9-14-4-7-23(11-15(14)10-18(17)29-2)12-20(25)22-19-3-6-21-24(19)16-5-8-30(26,27)13-16/h3,6,9-10,16H,4-5,7-8,11-13H2,1-2H3,(H,22,25)/t16-/m1/s1. The minimum atomic E-state index is -3.03. The molecule has 2 aliphatic rings. The van der Waals surface area contributed by atoms with E-state index in [0.29, 0.717) is 30.3 Å². The van der Waals surface area contributed by atoms with Crippen molar-refractivity contribution in [3.05, 3.63) is 35.5 Å². The van der Waals surface area contributed by atoms with E-state index in [2.05, 4.69) is 15.3 Å². The van der Waals surface area contributed by atoms with E-state index in [0.717, 1.165) is 18.5 Å².